The van der Waals surface area contributed by atoms with E-state index in [2.05, 4.69) is 5.32 Å². The summed E-state index contributed by atoms with van der Waals surface area (Å²) < 4.78 is 10.7. The first-order valence-electron chi connectivity index (χ1n) is 6.05. The van der Waals surface area contributed by atoms with Crippen LogP contribution in [-0.4, -0.2) is 38.4 Å². The molecule has 1 aliphatic heterocycles. The summed E-state index contributed by atoms with van der Waals surface area (Å²) in [4.78, 5) is 11.7. The molecule has 1 aliphatic rings. The number of hydrogen-bond donors (Lipinski definition) is 2. The first-order valence-corrected chi connectivity index (χ1v) is 6.05. The number of nitrogens with two attached hydrogens (primary N) is 1. The highest BCUT2D eigenvalue weighted by Crippen LogP contribution is 2.10. The van der Waals surface area contributed by atoms with Gasteiger partial charge in [0.15, 0.2) is 0 Å². The quantitative estimate of drug-likeness (QED) is 0.756. The van der Waals surface area contributed by atoms with Gasteiger partial charge >= 0.3 is 0 Å². The molecule has 1 aromatic carbocycles. The van der Waals surface area contributed by atoms with Gasteiger partial charge in [0.25, 0.3) is 0 Å². The summed E-state index contributed by atoms with van der Waals surface area (Å²) in [6, 6.07) is 7.37. The van der Waals surface area contributed by atoms with Crippen LogP contribution in [0.5, 0.6) is 0 Å². The number of benzene rings is 1. The summed E-state index contributed by atoms with van der Waals surface area (Å²) >= 11 is 0. The van der Waals surface area contributed by atoms with E-state index in [0.717, 1.165) is 5.56 Å². The Morgan fingerprint density at radius 1 is 1.39 bits per heavy atom. The van der Waals surface area contributed by atoms with E-state index in [0.29, 0.717) is 38.5 Å². The minimum absolute atomic E-state index is 0.0455. The van der Waals surface area contributed by atoms with E-state index >= 15 is 0 Å². The van der Waals surface area contributed by atoms with Gasteiger partial charge in [-0.05, 0) is 11.6 Å². The van der Waals surface area contributed by atoms with Crippen LogP contribution in [-0.2, 0) is 20.7 Å². The SMILES string of the molecule is Nc1ccccc1CC(=O)NCC1COCCO1. The summed E-state index contributed by atoms with van der Waals surface area (Å²) in [5, 5.41) is 2.83. The van der Waals surface area contributed by atoms with Crippen molar-refractivity contribution in [1.29, 1.82) is 0 Å². The molecule has 5 heteroatoms. The number of nitrogen functional groups attached to an aromatic ring is 1. The van der Waals surface area contributed by atoms with Crippen LogP contribution < -0.4 is 11.1 Å². The Balaban J connectivity index is 1.76. The Kier molecular flexibility index (Phi) is 4.55. The summed E-state index contributed by atoms with van der Waals surface area (Å²) in [5.74, 6) is -0.0536. The van der Waals surface area contributed by atoms with Crippen molar-refractivity contribution in [3.63, 3.8) is 0 Å². The van der Waals surface area contributed by atoms with Gasteiger partial charge < -0.3 is 20.5 Å². The summed E-state index contributed by atoms with van der Waals surface area (Å²) in [6.07, 6.45) is 0.246. The van der Waals surface area contributed by atoms with Gasteiger partial charge in [0.05, 0.1) is 32.3 Å². The molecule has 18 heavy (non-hydrogen) atoms. The average molecular weight is 250 g/mol. The van der Waals surface area contributed by atoms with E-state index in [1.165, 1.54) is 0 Å². The van der Waals surface area contributed by atoms with Crippen molar-refractivity contribution in [3.05, 3.63) is 29.8 Å². The third kappa shape index (κ3) is 3.72. The molecule has 2 rings (SSSR count). The van der Waals surface area contributed by atoms with E-state index in [9.17, 15) is 4.79 Å². The topological polar surface area (TPSA) is 73.6 Å². The van der Waals surface area contributed by atoms with Gasteiger partial charge in [-0.1, -0.05) is 18.2 Å². The fourth-order valence-corrected chi connectivity index (χ4v) is 1.81. The highest BCUT2D eigenvalue weighted by Gasteiger charge is 2.15. The molecule has 0 aromatic heterocycles. The molecule has 98 valence electrons. The summed E-state index contributed by atoms with van der Waals surface area (Å²) in [6.45, 7) is 2.23. The largest absolute Gasteiger partial charge is 0.398 e. The van der Waals surface area contributed by atoms with Crippen LogP contribution in [0, 0.1) is 0 Å². The molecule has 1 amide bonds. The fourth-order valence-electron chi connectivity index (χ4n) is 1.81. The standard InChI is InChI=1S/C13H18N2O3/c14-12-4-2-1-3-10(12)7-13(16)15-8-11-9-17-5-6-18-11/h1-4,11H,5-9,14H2,(H,15,16). The Bertz CT molecular complexity index is 403. The number of carbonyl (C=O) groups excluding carboxylic acids is 1. The molecule has 1 saturated heterocycles. The predicted octanol–water partition coefficient (Wildman–Crippen LogP) is 0.343. The van der Waals surface area contributed by atoms with Crippen LogP contribution in [0.3, 0.4) is 0 Å². The molecule has 1 unspecified atom stereocenters. The normalized spacial score (nSPS) is 19.4. The smallest absolute Gasteiger partial charge is 0.224 e. The predicted molar refractivity (Wildman–Crippen MR) is 68.1 cm³/mol. The first kappa shape index (κ1) is 12.9. The Hall–Kier alpha value is -1.59. The van der Waals surface area contributed by atoms with Crippen LogP contribution in [0.1, 0.15) is 5.56 Å². The zero-order valence-electron chi connectivity index (χ0n) is 10.2. The van der Waals surface area contributed by atoms with Crippen molar-refractivity contribution < 1.29 is 14.3 Å². The van der Waals surface area contributed by atoms with Crippen molar-refractivity contribution in [2.45, 2.75) is 12.5 Å². The van der Waals surface area contributed by atoms with Crippen LogP contribution in [0.15, 0.2) is 24.3 Å². The molecular weight excluding hydrogens is 232 g/mol. The summed E-state index contributed by atoms with van der Waals surface area (Å²) in [5.41, 5.74) is 7.27. The number of rotatable bonds is 4. The van der Waals surface area contributed by atoms with E-state index < -0.39 is 0 Å². The minimum Gasteiger partial charge on any atom is -0.398 e. The first-order chi connectivity index (χ1) is 8.75. The number of hydrogen-bond acceptors (Lipinski definition) is 4. The van der Waals surface area contributed by atoms with Crippen LogP contribution in [0.4, 0.5) is 5.69 Å². The lowest BCUT2D eigenvalue weighted by molar-refractivity contribution is -0.123. The molecule has 0 saturated carbocycles. The van der Waals surface area contributed by atoms with Gasteiger partial charge in [-0.2, -0.15) is 0 Å². The van der Waals surface area contributed by atoms with Gasteiger partial charge in [0.2, 0.25) is 5.91 Å². The van der Waals surface area contributed by atoms with Gasteiger partial charge in [-0.3, -0.25) is 4.79 Å². The van der Waals surface area contributed by atoms with Crippen molar-refractivity contribution in [1.82, 2.24) is 5.32 Å². The van der Waals surface area contributed by atoms with Gasteiger partial charge in [0.1, 0.15) is 0 Å². The van der Waals surface area contributed by atoms with Crippen molar-refractivity contribution in [2.75, 3.05) is 32.1 Å². The van der Waals surface area contributed by atoms with Crippen molar-refractivity contribution in [3.8, 4) is 0 Å². The Morgan fingerprint density at radius 2 is 2.22 bits per heavy atom. The van der Waals surface area contributed by atoms with Gasteiger partial charge in [-0.25, -0.2) is 0 Å². The van der Waals surface area contributed by atoms with E-state index in [4.69, 9.17) is 15.2 Å². The lowest BCUT2D eigenvalue weighted by atomic mass is 10.1. The number of carbonyl (C=O) groups is 1. The monoisotopic (exact) mass is 250 g/mol. The Labute approximate surface area is 106 Å². The van der Waals surface area contributed by atoms with Crippen LogP contribution in [0.25, 0.3) is 0 Å². The van der Waals surface area contributed by atoms with Gasteiger partial charge in [0, 0.05) is 12.2 Å². The number of anilines is 1. The van der Waals surface area contributed by atoms with Crippen LogP contribution >= 0.6 is 0 Å². The van der Waals surface area contributed by atoms with Crippen molar-refractivity contribution in [2.24, 2.45) is 0 Å². The molecule has 1 fully saturated rings. The second-order valence-corrected chi connectivity index (χ2v) is 4.25. The lowest BCUT2D eigenvalue weighted by Gasteiger charge is -2.23. The summed E-state index contributed by atoms with van der Waals surface area (Å²) in [7, 11) is 0. The Morgan fingerprint density at radius 3 is 2.94 bits per heavy atom. The maximum absolute atomic E-state index is 11.7. The van der Waals surface area contributed by atoms with E-state index in [1.807, 2.05) is 18.2 Å². The maximum atomic E-state index is 11.7. The third-order valence-corrected chi connectivity index (χ3v) is 2.82. The zero-order valence-corrected chi connectivity index (χ0v) is 10.2. The molecule has 1 aromatic rings. The molecule has 0 spiro atoms. The van der Waals surface area contributed by atoms with Crippen LogP contribution in [0.2, 0.25) is 0 Å². The number of para-hydroxylation sites is 1. The number of amides is 1. The molecule has 0 bridgehead atoms. The molecular formula is C13H18N2O3. The highest BCUT2D eigenvalue weighted by molar-refractivity contribution is 5.80. The second kappa shape index (κ2) is 6.37. The lowest BCUT2D eigenvalue weighted by Crippen LogP contribution is -2.40. The maximum Gasteiger partial charge on any atom is 0.224 e. The molecule has 1 heterocycles. The minimum atomic E-state index is -0.0536. The fraction of sp³-hybridized carbons (Fsp3) is 0.462. The third-order valence-electron chi connectivity index (χ3n) is 2.82. The molecule has 3 N–H and O–H groups in total. The second-order valence-electron chi connectivity index (χ2n) is 4.25. The molecule has 5 nitrogen and oxygen atoms in total. The van der Waals surface area contributed by atoms with E-state index in [-0.39, 0.29) is 12.0 Å². The molecule has 1 atom stereocenters. The number of nitrogens with one attached hydrogen (secondary N) is 1. The molecule has 0 radical (unpaired) electrons. The molecule has 0 aliphatic carbocycles. The van der Waals surface area contributed by atoms with Crippen molar-refractivity contribution >= 4 is 11.6 Å². The van der Waals surface area contributed by atoms with Gasteiger partial charge in [-0.15, -0.1) is 0 Å². The number of ether oxygens (including phenoxy) is 2. The van der Waals surface area contributed by atoms with E-state index in [1.54, 1.807) is 6.07 Å². The highest BCUT2D eigenvalue weighted by atomic mass is 16.6. The zero-order chi connectivity index (χ0) is 12.8. The average Bonchev–Trinajstić information content (AvgIpc) is 2.40.